The average molecular weight is 205 g/mol. The van der Waals surface area contributed by atoms with Crippen LogP contribution < -0.4 is 4.74 Å². The molecular formula is C13H19NO. The predicted octanol–water partition coefficient (Wildman–Crippen LogP) is 2.46. The van der Waals surface area contributed by atoms with Gasteiger partial charge >= 0.3 is 0 Å². The average Bonchev–Trinajstić information content (AvgIpc) is 2.26. The maximum absolute atomic E-state index is 5.78. The zero-order valence-electron chi connectivity index (χ0n) is 9.62. The van der Waals surface area contributed by atoms with Crippen LogP contribution in [0.3, 0.4) is 0 Å². The number of nitrogens with zero attached hydrogens (tertiary/aromatic N) is 1. The first-order valence-corrected chi connectivity index (χ1v) is 5.73. The lowest BCUT2D eigenvalue weighted by molar-refractivity contribution is 0.281. The van der Waals surface area contributed by atoms with Gasteiger partial charge in [-0.2, -0.15) is 0 Å². The Kier molecular flexibility index (Phi) is 3.27. The molecule has 0 N–H and O–H groups in total. The third-order valence-electron chi connectivity index (χ3n) is 2.88. The van der Waals surface area contributed by atoms with E-state index in [0.29, 0.717) is 0 Å². The maximum atomic E-state index is 5.78. The van der Waals surface area contributed by atoms with E-state index in [1.165, 1.54) is 11.1 Å². The Balaban J connectivity index is 2.23. The molecular weight excluding hydrogens is 186 g/mol. The summed E-state index contributed by atoms with van der Waals surface area (Å²) in [6.45, 7) is 5.14. The van der Waals surface area contributed by atoms with Crippen LogP contribution in [0.5, 0.6) is 5.75 Å². The molecule has 1 heterocycles. The molecule has 0 radical (unpaired) electrons. The van der Waals surface area contributed by atoms with Gasteiger partial charge in [0.2, 0.25) is 0 Å². The van der Waals surface area contributed by atoms with Crippen molar-refractivity contribution in [2.24, 2.45) is 0 Å². The van der Waals surface area contributed by atoms with Crippen molar-refractivity contribution in [3.63, 3.8) is 0 Å². The van der Waals surface area contributed by atoms with E-state index in [4.69, 9.17) is 4.74 Å². The van der Waals surface area contributed by atoms with Gasteiger partial charge in [-0.1, -0.05) is 19.1 Å². The lowest BCUT2D eigenvalue weighted by atomic mass is 9.99. The van der Waals surface area contributed by atoms with Gasteiger partial charge in [-0.25, -0.2) is 0 Å². The smallest absolute Gasteiger partial charge is 0.124 e. The molecule has 0 fully saturated rings. The van der Waals surface area contributed by atoms with Crippen molar-refractivity contribution in [2.75, 3.05) is 20.2 Å². The summed E-state index contributed by atoms with van der Waals surface area (Å²) >= 11 is 0. The second kappa shape index (κ2) is 4.67. The van der Waals surface area contributed by atoms with Gasteiger partial charge in [0.15, 0.2) is 0 Å². The van der Waals surface area contributed by atoms with Crippen LogP contribution in [-0.4, -0.2) is 25.1 Å². The minimum Gasteiger partial charge on any atom is -0.493 e. The quantitative estimate of drug-likeness (QED) is 0.751. The van der Waals surface area contributed by atoms with Gasteiger partial charge in [0.05, 0.1) is 6.61 Å². The summed E-state index contributed by atoms with van der Waals surface area (Å²) < 4.78 is 5.78. The molecule has 82 valence electrons. The molecule has 0 amide bonds. The summed E-state index contributed by atoms with van der Waals surface area (Å²) in [5.41, 5.74) is 2.85. The van der Waals surface area contributed by atoms with E-state index in [9.17, 15) is 0 Å². The molecule has 0 saturated carbocycles. The second-order valence-corrected chi connectivity index (χ2v) is 4.23. The highest BCUT2D eigenvalue weighted by molar-refractivity contribution is 5.41. The van der Waals surface area contributed by atoms with Crippen LogP contribution in [0.15, 0.2) is 18.2 Å². The van der Waals surface area contributed by atoms with Crippen LogP contribution >= 0.6 is 0 Å². The van der Waals surface area contributed by atoms with E-state index in [2.05, 4.69) is 37.1 Å². The number of rotatable bonds is 3. The molecule has 0 bridgehead atoms. The SMILES string of the molecule is CCCOc1cccc2c1CN(C)CC2. The fraction of sp³-hybridized carbons (Fsp3) is 0.538. The molecule has 15 heavy (non-hydrogen) atoms. The summed E-state index contributed by atoms with van der Waals surface area (Å²) in [6, 6.07) is 6.42. The van der Waals surface area contributed by atoms with Crippen LogP contribution in [0.2, 0.25) is 0 Å². The van der Waals surface area contributed by atoms with Crippen molar-refractivity contribution in [3.05, 3.63) is 29.3 Å². The molecule has 1 aromatic rings. The van der Waals surface area contributed by atoms with E-state index in [0.717, 1.165) is 38.3 Å². The van der Waals surface area contributed by atoms with E-state index in [1.54, 1.807) is 0 Å². The fourth-order valence-corrected chi connectivity index (χ4v) is 2.03. The van der Waals surface area contributed by atoms with Gasteiger partial charge in [0.1, 0.15) is 5.75 Å². The lowest BCUT2D eigenvalue weighted by Gasteiger charge is -2.26. The first-order chi connectivity index (χ1) is 7.31. The predicted molar refractivity (Wildman–Crippen MR) is 62.3 cm³/mol. The summed E-state index contributed by atoms with van der Waals surface area (Å²) in [7, 11) is 2.17. The first-order valence-electron chi connectivity index (χ1n) is 5.73. The number of likely N-dealkylation sites (N-methyl/N-ethyl adjacent to an activating group) is 1. The van der Waals surface area contributed by atoms with Crippen LogP contribution in [-0.2, 0) is 13.0 Å². The molecule has 0 spiro atoms. The van der Waals surface area contributed by atoms with Crippen molar-refractivity contribution in [2.45, 2.75) is 26.3 Å². The highest BCUT2D eigenvalue weighted by atomic mass is 16.5. The Morgan fingerprint density at radius 3 is 3.07 bits per heavy atom. The molecule has 0 saturated heterocycles. The van der Waals surface area contributed by atoms with Crippen molar-refractivity contribution in [3.8, 4) is 5.75 Å². The van der Waals surface area contributed by atoms with Crippen LogP contribution in [0.1, 0.15) is 24.5 Å². The van der Waals surface area contributed by atoms with E-state index < -0.39 is 0 Å². The van der Waals surface area contributed by atoms with Gasteiger partial charge in [-0.05, 0) is 31.5 Å². The summed E-state index contributed by atoms with van der Waals surface area (Å²) in [5.74, 6) is 1.08. The zero-order valence-corrected chi connectivity index (χ0v) is 9.62. The van der Waals surface area contributed by atoms with E-state index in [-0.39, 0.29) is 0 Å². The molecule has 0 aliphatic carbocycles. The Bertz CT molecular complexity index is 335. The zero-order chi connectivity index (χ0) is 10.7. The standard InChI is InChI=1S/C13H19NO/c1-3-9-15-13-6-4-5-11-7-8-14(2)10-12(11)13/h4-6H,3,7-10H2,1-2H3. The van der Waals surface area contributed by atoms with E-state index in [1.807, 2.05) is 0 Å². The Morgan fingerprint density at radius 1 is 1.40 bits per heavy atom. The Morgan fingerprint density at radius 2 is 2.27 bits per heavy atom. The first kappa shape index (κ1) is 10.5. The second-order valence-electron chi connectivity index (χ2n) is 4.23. The fourth-order valence-electron chi connectivity index (χ4n) is 2.03. The number of fused-ring (bicyclic) bond motifs is 1. The molecule has 1 aliphatic rings. The molecule has 2 rings (SSSR count). The molecule has 2 heteroatoms. The minimum absolute atomic E-state index is 0.820. The van der Waals surface area contributed by atoms with Gasteiger partial charge in [-0.15, -0.1) is 0 Å². The molecule has 1 aromatic carbocycles. The van der Waals surface area contributed by atoms with Gasteiger partial charge < -0.3 is 9.64 Å². The minimum atomic E-state index is 0.820. The van der Waals surface area contributed by atoms with Crippen LogP contribution in [0.25, 0.3) is 0 Å². The highest BCUT2D eigenvalue weighted by Crippen LogP contribution is 2.27. The third kappa shape index (κ3) is 2.32. The maximum Gasteiger partial charge on any atom is 0.124 e. The number of hydrogen-bond donors (Lipinski definition) is 0. The molecule has 2 nitrogen and oxygen atoms in total. The molecule has 0 unspecified atom stereocenters. The van der Waals surface area contributed by atoms with Crippen LogP contribution in [0, 0.1) is 0 Å². The van der Waals surface area contributed by atoms with Crippen LogP contribution in [0.4, 0.5) is 0 Å². The third-order valence-corrected chi connectivity index (χ3v) is 2.88. The number of hydrogen-bond acceptors (Lipinski definition) is 2. The van der Waals surface area contributed by atoms with Gasteiger partial charge in [0, 0.05) is 18.7 Å². The largest absolute Gasteiger partial charge is 0.493 e. The summed E-state index contributed by atoms with van der Waals surface area (Å²) in [6.07, 6.45) is 2.22. The normalized spacial score (nSPS) is 16.1. The topological polar surface area (TPSA) is 12.5 Å². The molecule has 1 aliphatic heterocycles. The van der Waals surface area contributed by atoms with E-state index >= 15 is 0 Å². The highest BCUT2D eigenvalue weighted by Gasteiger charge is 2.16. The Hall–Kier alpha value is -1.02. The van der Waals surface area contributed by atoms with Gasteiger partial charge in [0.25, 0.3) is 0 Å². The number of benzene rings is 1. The van der Waals surface area contributed by atoms with Gasteiger partial charge in [-0.3, -0.25) is 0 Å². The van der Waals surface area contributed by atoms with Crippen molar-refractivity contribution < 1.29 is 4.74 Å². The van der Waals surface area contributed by atoms with Crippen molar-refractivity contribution in [1.29, 1.82) is 0 Å². The lowest BCUT2D eigenvalue weighted by Crippen LogP contribution is -2.27. The van der Waals surface area contributed by atoms with Crippen molar-refractivity contribution >= 4 is 0 Å². The molecule has 0 atom stereocenters. The Labute approximate surface area is 91.9 Å². The molecule has 0 aromatic heterocycles. The summed E-state index contributed by atoms with van der Waals surface area (Å²) in [5, 5.41) is 0. The number of ether oxygens (including phenoxy) is 1. The monoisotopic (exact) mass is 205 g/mol. The summed E-state index contributed by atoms with van der Waals surface area (Å²) in [4.78, 5) is 2.35. The van der Waals surface area contributed by atoms with Crippen molar-refractivity contribution in [1.82, 2.24) is 4.90 Å².